The van der Waals surface area contributed by atoms with Crippen molar-refractivity contribution < 1.29 is 14.3 Å². The SMILES string of the molecule is COc1cccc(OC)c1C(=O)NC(C)=S. The lowest BCUT2D eigenvalue weighted by Crippen LogP contribution is -2.27. The van der Waals surface area contributed by atoms with Gasteiger partial charge in [-0.1, -0.05) is 18.3 Å². The Morgan fingerprint density at radius 2 is 1.75 bits per heavy atom. The van der Waals surface area contributed by atoms with Crippen LogP contribution in [0.2, 0.25) is 0 Å². The summed E-state index contributed by atoms with van der Waals surface area (Å²) in [5, 5.41) is 2.54. The summed E-state index contributed by atoms with van der Waals surface area (Å²) in [6, 6.07) is 5.13. The molecule has 0 radical (unpaired) electrons. The number of hydrogen-bond acceptors (Lipinski definition) is 4. The molecule has 1 aromatic carbocycles. The number of nitrogens with one attached hydrogen (secondary N) is 1. The van der Waals surface area contributed by atoms with Crippen molar-refractivity contribution in [3.05, 3.63) is 23.8 Å². The van der Waals surface area contributed by atoms with E-state index < -0.39 is 0 Å². The van der Waals surface area contributed by atoms with Gasteiger partial charge in [-0.15, -0.1) is 0 Å². The summed E-state index contributed by atoms with van der Waals surface area (Å²) < 4.78 is 10.2. The zero-order valence-electron chi connectivity index (χ0n) is 9.37. The summed E-state index contributed by atoms with van der Waals surface area (Å²) in [5.41, 5.74) is 0.344. The van der Waals surface area contributed by atoms with Gasteiger partial charge in [0, 0.05) is 0 Å². The van der Waals surface area contributed by atoms with Gasteiger partial charge >= 0.3 is 0 Å². The molecule has 5 heteroatoms. The first-order valence-corrected chi connectivity index (χ1v) is 5.04. The molecule has 0 saturated heterocycles. The first-order chi connectivity index (χ1) is 7.60. The summed E-state index contributed by atoms with van der Waals surface area (Å²) in [6.45, 7) is 1.63. The fraction of sp³-hybridized carbons (Fsp3) is 0.273. The number of benzene rings is 1. The van der Waals surface area contributed by atoms with Gasteiger partial charge in [-0.05, 0) is 19.1 Å². The quantitative estimate of drug-likeness (QED) is 0.817. The van der Waals surface area contributed by atoms with Crippen LogP contribution in [0.15, 0.2) is 18.2 Å². The highest BCUT2D eigenvalue weighted by Gasteiger charge is 2.17. The van der Waals surface area contributed by atoms with Crippen molar-refractivity contribution in [1.29, 1.82) is 0 Å². The Labute approximate surface area is 99.6 Å². The molecule has 0 bridgehead atoms. The van der Waals surface area contributed by atoms with E-state index in [1.54, 1.807) is 25.1 Å². The van der Waals surface area contributed by atoms with Gasteiger partial charge in [-0.2, -0.15) is 0 Å². The van der Waals surface area contributed by atoms with E-state index in [1.807, 2.05) is 0 Å². The molecule has 4 nitrogen and oxygen atoms in total. The Bertz CT molecular complexity index is 395. The predicted molar refractivity (Wildman–Crippen MR) is 65.3 cm³/mol. The third-order valence-corrected chi connectivity index (χ3v) is 2.05. The summed E-state index contributed by atoms with van der Waals surface area (Å²) in [5.74, 6) is 0.572. The largest absolute Gasteiger partial charge is 0.496 e. The highest BCUT2D eigenvalue weighted by molar-refractivity contribution is 7.80. The molecule has 0 aromatic heterocycles. The second-order valence-corrected chi connectivity index (χ2v) is 3.66. The molecule has 0 atom stereocenters. The van der Waals surface area contributed by atoms with E-state index in [4.69, 9.17) is 21.7 Å². The summed E-state index contributed by atoms with van der Waals surface area (Å²) in [7, 11) is 2.99. The maximum absolute atomic E-state index is 11.9. The van der Waals surface area contributed by atoms with Crippen LogP contribution in [0.5, 0.6) is 11.5 Å². The van der Waals surface area contributed by atoms with Gasteiger partial charge in [0.15, 0.2) is 0 Å². The minimum atomic E-state index is -0.332. The predicted octanol–water partition coefficient (Wildman–Crippen LogP) is 1.78. The molecule has 86 valence electrons. The Morgan fingerprint density at radius 3 is 2.12 bits per heavy atom. The van der Waals surface area contributed by atoms with Gasteiger partial charge in [-0.3, -0.25) is 4.79 Å². The third kappa shape index (κ3) is 2.70. The van der Waals surface area contributed by atoms with Gasteiger partial charge in [-0.25, -0.2) is 0 Å². The lowest BCUT2D eigenvalue weighted by Gasteiger charge is -2.12. The number of amides is 1. The average Bonchev–Trinajstić information content (AvgIpc) is 2.26. The van der Waals surface area contributed by atoms with Gasteiger partial charge in [0.1, 0.15) is 17.1 Å². The van der Waals surface area contributed by atoms with Crippen LogP contribution in [-0.4, -0.2) is 25.1 Å². The highest BCUT2D eigenvalue weighted by Crippen LogP contribution is 2.27. The van der Waals surface area contributed by atoms with Crippen molar-refractivity contribution in [3.8, 4) is 11.5 Å². The molecule has 0 aliphatic carbocycles. The Morgan fingerprint density at radius 1 is 1.25 bits per heavy atom. The molecule has 0 heterocycles. The van der Waals surface area contributed by atoms with E-state index in [9.17, 15) is 4.79 Å². The van der Waals surface area contributed by atoms with Crippen LogP contribution in [0.1, 0.15) is 17.3 Å². The molecule has 0 spiro atoms. The topological polar surface area (TPSA) is 47.6 Å². The molecule has 1 amide bonds. The van der Waals surface area contributed by atoms with Crippen LogP contribution in [0, 0.1) is 0 Å². The molecule has 0 fully saturated rings. The monoisotopic (exact) mass is 239 g/mol. The van der Waals surface area contributed by atoms with Crippen LogP contribution >= 0.6 is 12.2 Å². The molecular formula is C11H13NO3S. The second-order valence-electron chi connectivity index (χ2n) is 3.05. The number of hydrogen-bond donors (Lipinski definition) is 1. The lowest BCUT2D eigenvalue weighted by atomic mass is 10.1. The van der Waals surface area contributed by atoms with E-state index in [1.165, 1.54) is 14.2 Å². The fourth-order valence-electron chi connectivity index (χ4n) is 1.30. The van der Waals surface area contributed by atoms with Crippen molar-refractivity contribution in [2.24, 2.45) is 0 Å². The minimum Gasteiger partial charge on any atom is -0.496 e. The number of methoxy groups -OCH3 is 2. The van der Waals surface area contributed by atoms with Crippen molar-refractivity contribution in [2.75, 3.05) is 14.2 Å². The zero-order valence-corrected chi connectivity index (χ0v) is 10.2. The van der Waals surface area contributed by atoms with E-state index in [0.29, 0.717) is 22.1 Å². The first-order valence-electron chi connectivity index (χ1n) is 4.63. The highest BCUT2D eigenvalue weighted by atomic mass is 32.1. The lowest BCUT2D eigenvalue weighted by molar-refractivity contribution is 0.0971. The Kier molecular flexibility index (Phi) is 4.25. The molecule has 1 rings (SSSR count). The Balaban J connectivity index is 3.17. The first kappa shape index (κ1) is 12.4. The molecular weight excluding hydrogens is 226 g/mol. The van der Waals surface area contributed by atoms with Crippen molar-refractivity contribution in [2.45, 2.75) is 6.92 Å². The molecule has 16 heavy (non-hydrogen) atoms. The van der Waals surface area contributed by atoms with E-state index in [0.717, 1.165) is 0 Å². The molecule has 0 aliphatic heterocycles. The second kappa shape index (κ2) is 5.46. The number of carbonyl (C=O) groups is 1. The maximum atomic E-state index is 11.9. The summed E-state index contributed by atoms with van der Waals surface area (Å²) >= 11 is 4.82. The summed E-state index contributed by atoms with van der Waals surface area (Å²) in [6.07, 6.45) is 0. The molecule has 1 aromatic rings. The third-order valence-electron chi connectivity index (χ3n) is 1.94. The van der Waals surface area contributed by atoms with Crippen LogP contribution in [0.3, 0.4) is 0 Å². The smallest absolute Gasteiger partial charge is 0.263 e. The molecule has 1 N–H and O–H groups in total. The van der Waals surface area contributed by atoms with E-state index >= 15 is 0 Å². The number of thiocarbonyl (C=S) groups is 1. The molecule has 0 saturated carbocycles. The number of ether oxygens (including phenoxy) is 2. The van der Waals surface area contributed by atoms with E-state index in [2.05, 4.69) is 5.32 Å². The van der Waals surface area contributed by atoms with Crippen molar-refractivity contribution >= 4 is 23.1 Å². The Hall–Kier alpha value is -1.62. The maximum Gasteiger partial charge on any atom is 0.263 e. The van der Waals surface area contributed by atoms with Crippen LogP contribution in [0.4, 0.5) is 0 Å². The fourth-order valence-corrected chi connectivity index (χ4v) is 1.39. The molecule has 0 aliphatic rings. The van der Waals surface area contributed by atoms with Gasteiger partial charge in [0.2, 0.25) is 0 Å². The van der Waals surface area contributed by atoms with Crippen molar-refractivity contribution in [1.82, 2.24) is 5.32 Å². The van der Waals surface area contributed by atoms with Crippen LogP contribution < -0.4 is 14.8 Å². The average molecular weight is 239 g/mol. The van der Waals surface area contributed by atoms with Crippen molar-refractivity contribution in [3.63, 3.8) is 0 Å². The van der Waals surface area contributed by atoms with E-state index in [-0.39, 0.29) is 5.91 Å². The van der Waals surface area contributed by atoms with Gasteiger partial charge in [0.05, 0.1) is 19.2 Å². The minimum absolute atomic E-state index is 0.332. The van der Waals surface area contributed by atoms with Gasteiger partial charge < -0.3 is 14.8 Å². The standard InChI is InChI=1S/C11H13NO3S/c1-7(16)12-11(13)10-8(14-2)5-4-6-9(10)15-3/h4-6H,1-3H3,(H,12,13,16). The normalized spacial score (nSPS) is 9.44. The van der Waals surface area contributed by atoms with Crippen LogP contribution in [-0.2, 0) is 0 Å². The summed E-state index contributed by atoms with van der Waals surface area (Å²) in [4.78, 5) is 12.3. The molecule has 0 unspecified atom stereocenters. The van der Waals surface area contributed by atoms with Crippen LogP contribution in [0.25, 0.3) is 0 Å². The number of rotatable bonds is 3. The number of carbonyl (C=O) groups excluding carboxylic acids is 1. The zero-order chi connectivity index (χ0) is 12.1. The van der Waals surface area contributed by atoms with Gasteiger partial charge in [0.25, 0.3) is 5.91 Å².